The van der Waals surface area contributed by atoms with Crippen molar-refractivity contribution in [3.05, 3.63) is 28.8 Å². The summed E-state index contributed by atoms with van der Waals surface area (Å²) in [4.78, 5) is 38.4. The average Bonchev–Trinajstić information content (AvgIpc) is 3.36. The van der Waals surface area contributed by atoms with E-state index in [0.717, 1.165) is 32.1 Å². The monoisotopic (exact) mass is 487 g/mol. The predicted octanol–water partition coefficient (Wildman–Crippen LogP) is 4.31. The Labute approximate surface area is 201 Å². The van der Waals surface area contributed by atoms with Gasteiger partial charge in [-0.25, -0.2) is 4.79 Å². The number of rotatable bonds is 7. The van der Waals surface area contributed by atoms with Gasteiger partial charge in [-0.05, 0) is 76.3 Å². The molecule has 4 saturated carbocycles. The number of nitrogens with one attached hydrogen (secondary N) is 1. The van der Waals surface area contributed by atoms with Gasteiger partial charge in [0.15, 0.2) is 6.61 Å². The van der Waals surface area contributed by atoms with E-state index in [1.54, 1.807) is 31.4 Å². The number of esters is 2. The molecule has 1 amide bonds. The van der Waals surface area contributed by atoms with Crippen molar-refractivity contribution in [3.8, 4) is 11.3 Å². The topological polar surface area (TPSA) is 115 Å². The van der Waals surface area contributed by atoms with E-state index in [9.17, 15) is 19.5 Å². The third-order valence-electron chi connectivity index (χ3n) is 7.33. The molecule has 0 radical (unpaired) electrons. The van der Waals surface area contributed by atoms with E-state index in [-0.39, 0.29) is 12.2 Å². The number of carbonyl (C=O) groups is 3. The number of ether oxygens (including phenoxy) is 2. The van der Waals surface area contributed by atoms with Crippen LogP contribution in [-0.4, -0.2) is 41.8 Å². The molecule has 182 valence electrons. The smallest absolute Gasteiger partial charge is 0.341 e. The summed E-state index contributed by atoms with van der Waals surface area (Å²) in [5.41, 5.74) is -0.727. The van der Waals surface area contributed by atoms with E-state index in [0.29, 0.717) is 40.3 Å². The fourth-order valence-corrected chi connectivity index (χ4v) is 7.47. The van der Waals surface area contributed by atoms with Crippen molar-refractivity contribution in [2.45, 2.75) is 58.0 Å². The molecule has 4 atom stereocenters. The molecule has 4 aliphatic carbocycles. The highest BCUT2D eigenvalue weighted by molar-refractivity contribution is 7.15. The van der Waals surface area contributed by atoms with Gasteiger partial charge in [0, 0.05) is 10.9 Å². The first kappa shape index (κ1) is 23.1. The molecule has 0 spiro atoms. The lowest BCUT2D eigenvalue weighted by atomic mass is 9.48. The minimum absolute atomic E-state index is 0.187. The van der Waals surface area contributed by atoms with Crippen LogP contribution in [0.2, 0.25) is 0 Å². The summed E-state index contributed by atoms with van der Waals surface area (Å²) in [6.45, 7) is 3.25. The zero-order valence-corrected chi connectivity index (χ0v) is 20.2. The zero-order valence-electron chi connectivity index (χ0n) is 19.3. The first-order valence-corrected chi connectivity index (χ1v) is 12.6. The van der Waals surface area contributed by atoms with Gasteiger partial charge in [0.25, 0.3) is 5.91 Å². The second kappa shape index (κ2) is 8.53. The number of aryl methyl sites for hydroxylation is 1. The molecule has 4 bridgehead atoms. The molecule has 8 nitrogen and oxygen atoms in total. The van der Waals surface area contributed by atoms with Crippen molar-refractivity contribution >= 4 is 34.2 Å². The summed E-state index contributed by atoms with van der Waals surface area (Å²) in [6, 6.07) is 3.55. The molecule has 2 aromatic heterocycles. The standard InChI is InChI=1S/C25H29NO7S/c1-3-31-22(28)20-17(18-5-4-14(2)33-18)12-34-21(20)26-19(27)11-32-23(29)24-7-15-6-16(8-24)10-25(30,9-15)13-24/h4-5,12,15-16,30H,3,6-11,13H2,1-2H3,(H,26,27)/t15-,16+,24?,25?. The minimum atomic E-state index is -0.780. The van der Waals surface area contributed by atoms with Crippen LogP contribution in [0.4, 0.5) is 5.00 Å². The van der Waals surface area contributed by atoms with E-state index < -0.39 is 35.5 Å². The Morgan fingerprint density at radius 2 is 1.91 bits per heavy atom. The molecular formula is C25H29NO7S. The highest BCUT2D eigenvalue weighted by atomic mass is 32.1. The Morgan fingerprint density at radius 3 is 2.53 bits per heavy atom. The number of furan rings is 1. The highest BCUT2D eigenvalue weighted by Crippen LogP contribution is 2.62. The number of hydrogen-bond donors (Lipinski definition) is 2. The van der Waals surface area contributed by atoms with Gasteiger partial charge in [0.1, 0.15) is 22.1 Å². The molecule has 2 unspecified atom stereocenters. The summed E-state index contributed by atoms with van der Waals surface area (Å²) in [7, 11) is 0. The maximum absolute atomic E-state index is 13.1. The molecule has 2 aromatic rings. The summed E-state index contributed by atoms with van der Waals surface area (Å²) < 4.78 is 16.3. The lowest BCUT2D eigenvalue weighted by Gasteiger charge is -2.58. The third kappa shape index (κ3) is 4.15. The number of carbonyl (C=O) groups excluding carboxylic acids is 3. The normalized spacial score (nSPS) is 29.1. The number of hydrogen-bond acceptors (Lipinski definition) is 8. The largest absolute Gasteiger partial charge is 0.462 e. The molecule has 34 heavy (non-hydrogen) atoms. The van der Waals surface area contributed by atoms with Gasteiger partial charge in [0.05, 0.1) is 17.6 Å². The first-order valence-electron chi connectivity index (χ1n) is 11.8. The van der Waals surface area contributed by atoms with Gasteiger partial charge in [-0.2, -0.15) is 0 Å². The predicted molar refractivity (Wildman–Crippen MR) is 124 cm³/mol. The third-order valence-corrected chi connectivity index (χ3v) is 8.22. The van der Waals surface area contributed by atoms with Crippen molar-refractivity contribution in [3.63, 3.8) is 0 Å². The van der Waals surface area contributed by atoms with Crippen LogP contribution in [0.5, 0.6) is 0 Å². The fourth-order valence-electron chi connectivity index (χ4n) is 6.52. The SMILES string of the molecule is CCOC(=O)c1c(-c2ccc(C)o2)csc1NC(=O)COC(=O)C12C[C@@H]3C[C@@H](CC(O)(C3)C1)C2. The number of aliphatic hydroxyl groups is 1. The Kier molecular flexibility index (Phi) is 5.80. The Morgan fingerprint density at radius 1 is 1.18 bits per heavy atom. The molecule has 0 aliphatic heterocycles. The van der Waals surface area contributed by atoms with E-state index in [4.69, 9.17) is 13.9 Å². The zero-order chi connectivity index (χ0) is 24.1. The Hall–Kier alpha value is -2.65. The first-order chi connectivity index (χ1) is 16.2. The molecule has 2 N–H and O–H groups in total. The van der Waals surface area contributed by atoms with Crippen LogP contribution >= 0.6 is 11.3 Å². The second-order valence-corrected chi connectivity index (χ2v) is 11.0. The van der Waals surface area contributed by atoms with E-state index >= 15 is 0 Å². The molecule has 4 aliphatic rings. The van der Waals surface area contributed by atoms with Crippen LogP contribution < -0.4 is 5.32 Å². The molecule has 0 aromatic carbocycles. The summed E-state index contributed by atoms with van der Waals surface area (Å²) in [5, 5.41) is 15.6. The highest BCUT2D eigenvalue weighted by Gasteiger charge is 2.60. The fraction of sp³-hybridized carbons (Fsp3) is 0.560. The number of anilines is 1. The summed E-state index contributed by atoms with van der Waals surface area (Å²) in [6.07, 6.45) is 4.42. The summed E-state index contributed by atoms with van der Waals surface area (Å²) >= 11 is 1.18. The molecule has 9 heteroatoms. The van der Waals surface area contributed by atoms with E-state index in [1.807, 2.05) is 0 Å². The van der Waals surface area contributed by atoms with E-state index in [2.05, 4.69) is 5.32 Å². The van der Waals surface area contributed by atoms with Crippen molar-refractivity contribution in [2.75, 3.05) is 18.5 Å². The number of amides is 1. The van der Waals surface area contributed by atoms with Gasteiger partial charge >= 0.3 is 11.9 Å². The molecule has 0 saturated heterocycles. The quantitative estimate of drug-likeness (QED) is 0.559. The van der Waals surface area contributed by atoms with Crippen molar-refractivity contribution < 1.29 is 33.4 Å². The summed E-state index contributed by atoms with van der Waals surface area (Å²) in [5.74, 6) is 0.377. The van der Waals surface area contributed by atoms with Crippen LogP contribution in [-0.2, 0) is 19.1 Å². The maximum Gasteiger partial charge on any atom is 0.341 e. The lowest BCUT2D eigenvalue weighted by molar-refractivity contribution is -0.196. The van der Waals surface area contributed by atoms with Gasteiger partial charge in [0.2, 0.25) is 0 Å². The molecule has 2 heterocycles. The van der Waals surface area contributed by atoms with Crippen LogP contribution in [0.15, 0.2) is 21.9 Å². The minimum Gasteiger partial charge on any atom is -0.462 e. The van der Waals surface area contributed by atoms with Gasteiger partial charge in [-0.1, -0.05) is 0 Å². The molecule has 4 fully saturated rings. The van der Waals surface area contributed by atoms with Crippen molar-refractivity contribution in [2.24, 2.45) is 17.3 Å². The van der Waals surface area contributed by atoms with Gasteiger partial charge < -0.3 is 24.3 Å². The van der Waals surface area contributed by atoms with Crippen LogP contribution in [0.25, 0.3) is 11.3 Å². The average molecular weight is 488 g/mol. The van der Waals surface area contributed by atoms with Crippen LogP contribution in [0, 0.1) is 24.2 Å². The molecular weight excluding hydrogens is 458 g/mol. The maximum atomic E-state index is 13.1. The van der Waals surface area contributed by atoms with Gasteiger partial charge in [-0.15, -0.1) is 11.3 Å². The van der Waals surface area contributed by atoms with Crippen molar-refractivity contribution in [1.82, 2.24) is 0 Å². The van der Waals surface area contributed by atoms with Crippen LogP contribution in [0.3, 0.4) is 0 Å². The Balaban J connectivity index is 1.27. The molecule has 6 rings (SSSR count). The lowest BCUT2D eigenvalue weighted by Crippen LogP contribution is -2.58. The van der Waals surface area contributed by atoms with E-state index in [1.165, 1.54) is 11.3 Å². The van der Waals surface area contributed by atoms with Crippen LogP contribution in [0.1, 0.15) is 61.6 Å². The van der Waals surface area contributed by atoms with Crippen molar-refractivity contribution in [1.29, 1.82) is 0 Å². The number of thiophene rings is 1. The second-order valence-electron chi connectivity index (χ2n) is 10.1. The Bertz CT molecular complexity index is 1120. The van der Waals surface area contributed by atoms with Gasteiger partial charge in [-0.3, -0.25) is 9.59 Å².